The molecule has 2 nitrogen and oxygen atoms in total. The van der Waals surface area contributed by atoms with Crippen LogP contribution in [0.2, 0.25) is 10.0 Å². The Bertz CT molecular complexity index is 580. The first-order valence-corrected chi connectivity index (χ1v) is 9.34. The summed E-state index contributed by atoms with van der Waals surface area (Å²) < 4.78 is 12.6. The molecule has 4 atom stereocenters. The van der Waals surface area contributed by atoms with Crippen molar-refractivity contribution in [2.75, 3.05) is 0 Å². The average Bonchev–Trinajstić information content (AvgIpc) is 2.86. The van der Waals surface area contributed by atoms with Crippen LogP contribution in [0, 0.1) is 5.92 Å². The van der Waals surface area contributed by atoms with E-state index in [2.05, 4.69) is 36.7 Å². The number of rotatable bonds is 4. The van der Waals surface area contributed by atoms with E-state index in [1.165, 1.54) is 0 Å². The molecule has 2 aliphatic heterocycles. The number of hydrogen-bond acceptors (Lipinski definition) is 2. The lowest BCUT2D eigenvalue weighted by molar-refractivity contribution is -0.0955. The molecule has 0 spiro atoms. The smallest absolute Gasteiger partial charge is 0.0936 e. The van der Waals surface area contributed by atoms with Gasteiger partial charge in [0, 0.05) is 21.3 Å². The summed E-state index contributed by atoms with van der Waals surface area (Å²) in [7, 11) is 0. The lowest BCUT2D eigenvalue weighted by Gasteiger charge is -2.35. The van der Waals surface area contributed by atoms with Gasteiger partial charge >= 0.3 is 0 Å². The van der Waals surface area contributed by atoms with Crippen molar-refractivity contribution in [3.05, 3.63) is 33.8 Å². The Morgan fingerprint density at radius 1 is 1.36 bits per heavy atom. The van der Waals surface area contributed by atoms with Crippen LogP contribution in [0.3, 0.4) is 0 Å². The zero-order valence-corrected chi connectivity index (χ0v) is 16.1. The van der Waals surface area contributed by atoms with Crippen molar-refractivity contribution in [2.24, 2.45) is 5.92 Å². The molecule has 1 aromatic carbocycles. The van der Waals surface area contributed by atoms with Gasteiger partial charge in [0.1, 0.15) is 0 Å². The fourth-order valence-corrected chi connectivity index (χ4v) is 5.64. The van der Waals surface area contributed by atoms with Crippen molar-refractivity contribution >= 4 is 39.1 Å². The predicted octanol–water partition coefficient (Wildman–Crippen LogP) is 5.62. The summed E-state index contributed by atoms with van der Waals surface area (Å²) in [5.74, 6) is 0.450. The molecule has 2 fully saturated rings. The number of halogens is 3. The van der Waals surface area contributed by atoms with E-state index in [1.54, 1.807) is 6.07 Å². The number of hydrogen-bond donors (Lipinski definition) is 0. The molecule has 0 N–H and O–H groups in total. The SMILES string of the molecule is CC(C)[C@]12C[C@@H](OCc3ccc(Cl)cc3Cl)[C@](C)(C[C@@H]1Br)O2. The average molecular weight is 408 g/mol. The van der Waals surface area contributed by atoms with E-state index in [1.807, 2.05) is 12.1 Å². The van der Waals surface area contributed by atoms with E-state index in [0.29, 0.717) is 27.4 Å². The van der Waals surface area contributed by atoms with Crippen molar-refractivity contribution in [3.8, 4) is 0 Å². The second-order valence-corrected chi connectivity index (χ2v) is 8.88. The van der Waals surface area contributed by atoms with Gasteiger partial charge < -0.3 is 9.47 Å². The molecule has 0 radical (unpaired) electrons. The summed E-state index contributed by atoms with van der Waals surface area (Å²) in [5.41, 5.74) is 0.618. The van der Waals surface area contributed by atoms with E-state index >= 15 is 0 Å². The van der Waals surface area contributed by atoms with Crippen LogP contribution in [0.1, 0.15) is 39.2 Å². The molecule has 2 saturated heterocycles. The summed E-state index contributed by atoms with van der Waals surface area (Å²) in [6.07, 6.45) is 1.99. The van der Waals surface area contributed by atoms with Crippen LogP contribution >= 0.6 is 39.1 Å². The molecule has 0 aromatic heterocycles. The second-order valence-electron chi connectivity index (χ2n) is 6.94. The molecule has 2 bridgehead atoms. The van der Waals surface area contributed by atoms with Gasteiger partial charge in [0.25, 0.3) is 0 Å². The van der Waals surface area contributed by atoms with Gasteiger partial charge in [-0.1, -0.05) is 59.0 Å². The summed E-state index contributed by atoms with van der Waals surface area (Å²) in [6, 6.07) is 5.52. The summed E-state index contributed by atoms with van der Waals surface area (Å²) >= 11 is 16.0. The van der Waals surface area contributed by atoms with Crippen molar-refractivity contribution < 1.29 is 9.47 Å². The minimum atomic E-state index is -0.225. The normalized spacial score (nSPS) is 37.2. The summed E-state index contributed by atoms with van der Waals surface area (Å²) in [5, 5.41) is 1.29. The molecule has 2 heterocycles. The number of fused-ring (bicyclic) bond motifs is 2. The Labute approximate surface area is 150 Å². The number of alkyl halides is 1. The van der Waals surface area contributed by atoms with Gasteiger partial charge in [0.05, 0.1) is 23.9 Å². The highest BCUT2D eigenvalue weighted by molar-refractivity contribution is 9.09. The number of ether oxygens (including phenoxy) is 2. The van der Waals surface area contributed by atoms with E-state index in [9.17, 15) is 0 Å². The maximum atomic E-state index is 6.45. The third-order valence-corrected chi connectivity index (χ3v) is 6.84. The van der Waals surface area contributed by atoms with E-state index < -0.39 is 0 Å². The van der Waals surface area contributed by atoms with Crippen LogP contribution in [-0.4, -0.2) is 22.1 Å². The van der Waals surface area contributed by atoms with Crippen LogP contribution in [0.25, 0.3) is 0 Å². The predicted molar refractivity (Wildman–Crippen MR) is 94.0 cm³/mol. The lowest BCUT2D eigenvalue weighted by atomic mass is 9.75. The topological polar surface area (TPSA) is 18.5 Å². The zero-order chi connectivity index (χ0) is 16.1. The molecular formula is C17H21BrCl2O2. The first-order valence-electron chi connectivity index (χ1n) is 7.66. The second kappa shape index (κ2) is 5.93. The van der Waals surface area contributed by atoms with Gasteiger partial charge in [-0.25, -0.2) is 0 Å². The molecule has 122 valence electrons. The van der Waals surface area contributed by atoms with E-state index in [0.717, 1.165) is 18.4 Å². The van der Waals surface area contributed by atoms with Gasteiger partial charge in [0.15, 0.2) is 0 Å². The Hall–Kier alpha value is 0.200. The van der Waals surface area contributed by atoms with Gasteiger partial charge in [-0.3, -0.25) is 0 Å². The fourth-order valence-electron chi connectivity index (χ4n) is 3.72. The monoisotopic (exact) mass is 406 g/mol. The van der Waals surface area contributed by atoms with Crippen molar-refractivity contribution in [3.63, 3.8) is 0 Å². The van der Waals surface area contributed by atoms with Crippen molar-refractivity contribution in [2.45, 2.75) is 62.4 Å². The highest BCUT2D eigenvalue weighted by atomic mass is 79.9. The molecule has 5 heteroatoms. The van der Waals surface area contributed by atoms with Gasteiger partial charge in [-0.15, -0.1) is 0 Å². The summed E-state index contributed by atoms with van der Waals surface area (Å²) in [6.45, 7) is 7.09. The van der Waals surface area contributed by atoms with Crippen LogP contribution < -0.4 is 0 Å². The molecule has 0 aliphatic carbocycles. The van der Waals surface area contributed by atoms with Gasteiger partial charge in [-0.2, -0.15) is 0 Å². The Morgan fingerprint density at radius 3 is 2.68 bits per heavy atom. The highest BCUT2D eigenvalue weighted by Crippen LogP contribution is 2.57. The quantitative estimate of drug-likeness (QED) is 0.603. The minimum absolute atomic E-state index is 0.0930. The maximum Gasteiger partial charge on any atom is 0.0936 e. The number of benzene rings is 1. The Morgan fingerprint density at radius 2 is 2.09 bits per heavy atom. The van der Waals surface area contributed by atoms with E-state index in [4.69, 9.17) is 32.7 Å². The fraction of sp³-hybridized carbons (Fsp3) is 0.647. The van der Waals surface area contributed by atoms with Crippen molar-refractivity contribution in [1.29, 1.82) is 0 Å². The molecule has 0 unspecified atom stereocenters. The first-order chi connectivity index (χ1) is 10.3. The maximum absolute atomic E-state index is 6.45. The molecule has 0 saturated carbocycles. The Kier molecular flexibility index (Phi) is 4.59. The molecular weight excluding hydrogens is 387 g/mol. The molecule has 2 aliphatic rings. The zero-order valence-electron chi connectivity index (χ0n) is 13.0. The van der Waals surface area contributed by atoms with Crippen LogP contribution in [0.4, 0.5) is 0 Å². The minimum Gasteiger partial charge on any atom is -0.370 e. The lowest BCUT2D eigenvalue weighted by Crippen LogP contribution is -2.44. The van der Waals surface area contributed by atoms with Crippen LogP contribution in [0.5, 0.6) is 0 Å². The third-order valence-electron chi connectivity index (χ3n) is 5.16. The van der Waals surface area contributed by atoms with Crippen LogP contribution in [0.15, 0.2) is 18.2 Å². The molecule has 1 aromatic rings. The summed E-state index contributed by atoms with van der Waals surface area (Å²) in [4.78, 5) is 0.393. The molecule has 0 amide bonds. The molecule has 22 heavy (non-hydrogen) atoms. The van der Waals surface area contributed by atoms with Crippen molar-refractivity contribution in [1.82, 2.24) is 0 Å². The molecule has 3 rings (SSSR count). The van der Waals surface area contributed by atoms with Gasteiger partial charge in [-0.05, 0) is 37.0 Å². The largest absolute Gasteiger partial charge is 0.370 e. The first kappa shape index (κ1) is 17.0. The Balaban J connectivity index is 1.72. The van der Waals surface area contributed by atoms with E-state index in [-0.39, 0.29) is 17.3 Å². The standard InChI is InChI=1S/C17H21BrCl2O2/c1-10(2)17-8-15(16(3,22-17)7-14(17)18)21-9-11-4-5-12(19)6-13(11)20/h4-6,10,14-15H,7-9H2,1-3H3/t14-,15+,16-,17+/m0/s1. The third kappa shape index (κ3) is 2.73. The highest BCUT2D eigenvalue weighted by Gasteiger charge is 2.65. The van der Waals surface area contributed by atoms with Crippen LogP contribution in [-0.2, 0) is 16.1 Å². The van der Waals surface area contributed by atoms with Gasteiger partial charge in [0.2, 0.25) is 0 Å².